The molecule has 0 aromatic rings. The molecule has 0 heterocycles. The van der Waals surface area contributed by atoms with Crippen molar-refractivity contribution >= 4 is 54.1 Å². The van der Waals surface area contributed by atoms with Gasteiger partial charge in [-0.05, 0) is 0 Å². The summed E-state index contributed by atoms with van der Waals surface area (Å²) in [6.45, 7) is 0. The topological polar surface area (TPSA) is 17.1 Å². The zero-order chi connectivity index (χ0) is 2.71. The molecule has 0 aromatic heterocycles. The average molecular weight is 116 g/mol. The van der Waals surface area contributed by atoms with E-state index in [0.29, 0.717) is 0 Å². The van der Waals surface area contributed by atoms with Crippen LogP contribution in [0.4, 0.5) is 0 Å². The molecule has 5 heavy (non-hydrogen) atoms. The maximum absolute atomic E-state index is 8.98. The Morgan fingerprint density at radius 3 is 1.60 bits per heavy atom. The standard InChI is InChI=1S/Al.Li.H3OPSi.4H/c;;1-3-2;;;;/h;;3H,2H2;;;;. The van der Waals surface area contributed by atoms with Gasteiger partial charge in [0.25, 0.3) is 9.07 Å². The summed E-state index contributed by atoms with van der Waals surface area (Å²) in [5.41, 5.74) is 0. The van der Waals surface area contributed by atoms with Crippen molar-refractivity contribution in [2.45, 2.75) is 0 Å². The molecule has 5 heteroatoms. The van der Waals surface area contributed by atoms with Crippen molar-refractivity contribution in [3.8, 4) is 0 Å². The summed E-state index contributed by atoms with van der Waals surface area (Å²) in [5, 5.41) is 0. The van der Waals surface area contributed by atoms with Gasteiger partial charge in [0.2, 0.25) is 0 Å². The Morgan fingerprint density at radius 1 is 1.60 bits per heavy atom. The third-order valence-corrected chi connectivity index (χ3v) is 0. The Balaban J connectivity index is -0.0000000200. The summed E-state index contributed by atoms with van der Waals surface area (Å²) in [7, 11) is 1.52. The molecule has 26 valence electrons. The van der Waals surface area contributed by atoms with Crippen molar-refractivity contribution in [2.24, 2.45) is 0 Å². The van der Waals surface area contributed by atoms with Crippen LogP contribution in [0, 0.1) is 0 Å². The molecule has 0 bridgehead atoms. The van der Waals surface area contributed by atoms with Crippen LogP contribution in [-0.4, -0.2) is 45.3 Å². The van der Waals surface area contributed by atoms with Crippen LogP contribution in [0.15, 0.2) is 0 Å². The Hall–Kier alpha value is 1.58. The molecule has 0 saturated carbocycles. The Morgan fingerprint density at radius 2 is 1.60 bits per heavy atom. The van der Waals surface area contributed by atoms with Crippen molar-refractivity contribution in [1.82, 2.24) is 0 Å². The van der Waals surface area contributed by atoms with Crippen LogP contribution in [0.3, 0.4) is 0 Å². The van der Waals surface area contributed by atoms with Crippen LogP contribution in [0.2, 0.25) is 0 Å². The van der Waals surface area contributed by atoms with Gasteiger partial charge in [-0.15, -0.1) is 0 Å². The normalized spacial score (nSPS) is 2.60. The van der Waals surface area contributed by atoms with Crippen LogP contribution in [0.1, 0.15) is 0 Å². The predicted octanol–water partition coefficient (Wildman–Crippen LogP) is -2.27. The van der Waals surface area contributed by atoms with E-state index in [1.54, 1.807) is 0 Å². The van der Waals surface area contributed by atoms with E-state index < -0.39 is 9.07 Å². The van der Waals surface area contributed by atoms with E-state index in [-0.39, 0.29) is 36.2 Å². The second-order valence-electron chi connectivity index (χ2n) is 0.136. The van der Waals surface area contributed by atoms with E-state index in [1.807, 2.05) is 0 Å². The van der Waals surface area contributed by atoms with Gasteiger partial charge >= 0.3 is 18.9 Å². The minimum absolute atomic E-state index is 0. The number of rotatable bonds is 0. The Labute approximate surface area is 58.5 Å². The van der Waals surface area contributed by atoms with Crippen molar-refractivity contribution in [3.63, 3.8) is 0 Å². The summed E-state index contributed by atoms with van der Waals surface area (Å²) >= 11 is 0. The molecular weight excluding hydrogens is 109 g/mol. The van der Waals surface area contributed by atoms with Gasteiger partial charge in [0.05, 0.1) is 0 Å². The van der Waals surface area contributed by atoms with E-state index in [0.717, 1.165) is 0 Å². The zero-order valence-electron chi connectivity index (χ0n) is 1.56. The Bertz CT molecular complexity index is 19.1. The fourth-order valence-electron chi connectivity index (χ4n) is 0. The van der Waals surface area contributed by atoms with Crippen molar-refractivity contribution in [1.29, 1.82) is 0 Å². The van der Waals surface area contributed by atoms with Gasteiger partial charge in [-0.1, -0.05) is 8.79 Å². The average Bonchev–Trinajstić information content (AvgIpc) is 0.918. The molecule has 0 saturated heterocycles. The van der Waals surface area contributed by atoms with Crippen LogP contribution >= 0.6 is 8.79 Å². The van der Waals surface area contributed by atoms with E-state index in [9.17, 15) is 0 Å². The first-order valence-corrected chi connectivity index (χ1v) is 3.71. The molecule has 1 atom stereocenters. The van der Waals surface area contributed by atoms with E-state index in [1.165, 1.54) is 0 Å². The fraction of sp³-hybridized carbons (Fsp3) is 0. The van der Waals surface area contributed by atoms with E-state index in [4.69, 9.17) is 4.46 Å². The van der Waals surface area contributed by atoms with Gasteiger partial charge in [-0.2, -0.15) is 0 Å². The monoisotopic (exact) mass is 116 g/mol. The van der Waals surface area contributed by atoms with Gasteiger partial charge in [0.15, 0.2) is 17.4 Å². The first-order valence-electron chi connectivity index (χ1n) is 0.569. The van der Waals surface area contributed by atoms with Gasteiger partial charge in [0.1, 0.15) is 0 Å². The summed E-state index contributed by atoms with van der Waals surface area (Å²) in [5.74, 6) is 0. The molecule has 0 N–H and O–H groups in total. The predicted molar refractivity (Wildman–Crippen MR) is 34.6 cm³/mol. The van der Waals surface area contributed by atoms with Crippen molar-refractivity contribution in [2.75, 3.05) is 0 Å². The SMILES string of the molecule is O=[SiH]P.[AlH3].[LiH]. The summed E-state index contributed by atoms with van der Waals surface area (Å²) in [6.07, 6.45) is 0. The molecule has 0 fully saturated rings. The van der Waals surface area contributed by atoms with Crippen LogP contribution in [-0.2, 0) is 4.46 Å². The molecule has 0 aliphatic rings. The van der Waals surface area contributed by atoms with Crippen molar-refractivity contribution in [3.05, 3.63) is 0 Å². The second-order valence-corrected chi connectivity index (χ2v) is 1.22. The zero-order valence-corrected chi connectivity index (χ0v) is 3.87. The third kappa shape index (κ3) is 28.7. The molecule has 1 unspecified atom stereocenters. The molecule has 0 aliphatic carbocycles. The minimum atomic E-state index is -0.583. The van der Waals surface area contributed by atoms with Gasteiger partial charge in [-0.3, -0.25) is 0 Å². The van der Waals surface area contributed by atoms with Gasteiger partial charge in [0, 0.05) is 0 Å². The molecule has 0 aliphatic heterocycles. The molecular formula is H7AlLiOPSi. The van der Waals surface area contributed by atoms with Gasteiger partial charge in [-0.25, -0.2) is 0 Å². The summed E-state index contributed by atoms with van der Waals surface area (Å²) in [6, 6.07) is 0. The molecule has 0 spiro atoms. The van der Waals surface area contributed by atoms with Crippen molar-refractivity contribution < 1.29 is 4.46 Å². The number of hydrogen-bond acceptors (Lipinski definition) is 1. The molecule has 1 nitrogen and oxygen atoms in total. The van der Waals surface area contributed by atoms with Crippen LogP contribution in [0.5, 0.6) is 0 Å². The first kappa shape index (κ1) is 16.0. The second kappa shape index (κ2) is 17.6. The molecule has 0 amide bonds. The van der Waals surface area contributed by atoms with Crippen LogP contribution in [0.25, 0.3) is 0 Å². The summed E-state index contributed by atoms with van der Waals surface area (Å²) < 4.78 is 8.98. The quantitative estimate of drug-likeness (QED) is 0.257. The van der Waals surface area contributed by atoms with E-state index >= 15 is 0 Å². The van der Waals surface area contributed by atoms with E-state index in [2.05, 4.69) is 8.79 Å². The fourth-order valence-corrected chi connectivity index (χ4v) is 0. The molecule has 0 rings (SSSR count). The van der Waals surface area contributed by atoms with Gasteiger partial charge < -0.3 is 4.46 Å². The number of hydrogen-bond donors (Lipinski definition) is 0. The summed E-state index contributed by atoms with van der Waals surface area (Å²) in [4.78, 5) is 0. The third-order valence-electron chi connectivity index (χ3n) is 0. The Kier molecular flexibility index (Phi) is 56.3. The molecule has 0 radical (unpaired) electrons. The first-order chi connectivity index (χ1) is 1.41. The molecule has 0 aromatic carbocycles. The van der Waals surface area contributed by atoms with Crippen LogP contribution < -0.4 is 0 Å². The maximum atomic E-state index is 8.98.